The Morgan fingerprint density at radius 1 is 1.36 bits per heavy atom. The summed E-state index contributed by atoms with van der Waals surface area (Å²) >= 11 is 0. The Kier molecular flexibility index (Phi) is 6.99. The highest BCUT2D eigenvalue weighted by atomic mass is 16.5. The Labute approximate surface area is 196 Å². The fourth-order valence-electron chi connectivity index (χ4n) is 5.02. The van der Waals surface area contributed by atoms with Crippen molar-refractivity contribution in [2.24, 2.45) is 7.05 Å². The van der Waals surface area contributed by atoms with Crippen LogP contribution in [0.15, 0.2) is 12.4 Å². The SMILES string of the molecule is CCCCC(C)c1nc(N2CCN(C(=O)c3nccn3C)[C@H](C)C2)c(C#N)c2c1COCC2. The number of piperazine rings is 1. The number of hydrogen-bond donors (Lipinski definition) is 0. The second kappa shape index (κ2) is 9.92. The number of amides is 1. The molecule has 2 aliphatic heterocycles. The number of carbonyl (C=O) groups excluding carboxylic acids is 1. The van der Waals surface area contributed by atoms with Gasteiger partial charge < -0.3 is 19.1 Å². The smallest absolute Gasteiger partial charge is 0.290 e. The van der Waals surface area contributed by atoms with Gasteiger partial charge in [0.05, 0.1) is 24.5 Å². The minimum Gasteiger partial charge on any atom is -0.376 e. The van der Waals surface area contributed by atoms with Crippen LogP contribution in [0.1, 0.15) is 79.0 Å². The zero-order chi connectivity index (χ0) is 23.5. The molecule has 2 aromatic rings. The van der Waals surface area contributed by atoms with Crippen molar-refractivity contribution < 1.29 is 9.53 Å². The Bertz CT molecular complexity index is 1060. The maximum Gasteiger partial charge on any atom is 0.290 e. The molecule has 2 aromatic heterocycles. The van der Waals surface area contributed by atoms with E-state index in [9.17, 15) is 10.1 Å². The van der Waals surface area contributed by atoms with Gasteiger partial charge in [-0.2, -0.15) is 5.26 Å². The Hall–Kier alpha value is -2.92. The second-order valence-corrected chi connectivity index (χ2v) is 9.27. The summed E-state index contributed by atoms with van der Waals surface area (Å²) < 4.78 is 7.52. The maximum atomic E-state index is 13.0. The molecule has 1 fully saturated rings. The van der Waals surface area contributed by atoms with Gasteiger partial charge in [0.15, 0.2) is 5.82 Å². The first kappa shape index (κ1) is 23.2. The quantitative estimate of drug-likeness (QED) is 0.670. The normalized spacial score (nSPS) is 19.2. The van der Waals surface area contributed by atoms with Gasteiger partial charge in [0.1, 0.15) is 11.9 Å². The molecule has 8 heteroatoms. The molecular weight excluding hydrogens is 416 g/mol. The predicted octanol–water partition coefficient (Wildman–Crippen LogP) is 3.40. The molecule has 4 rings (SSSR count). The summed E-state index contributed by atoms with van der Waals surface area (Å²) in [6.07, 6.45) is 7.55. The fraction of sp³-hybridized carbons (Fsp3) is 0.600. The van der Waals surface area contributed by atoms with Gasteiger partial charge in [0.25, 0.3) is 5.91 Å². The zero-order valence-electron chi connectivity index (χ0n) is 20.2. The molecule has 2 atom stereocenters. The van der Waals surface area contributed by atoms with E-state index >= 15 is 0 Å². The number of unbranched alkanes of at least 4 members (excludes halogenated alkanes) is 1. The molecule has 0 radical (unpaired) electrons. The molecular formula is C25H34N6O2. The van der Waals surface area contributed by atoms with Crippen LogP contribution in [-0.2, 0) is 24.8 Å². The number of nitriles is 1. The van der Waals surface area contributed by atoms with Crippen molar-refractivity contribution in [2.75, 3.05) is 31.1 Å². The van der Waals surface area contributed by atoms with E-state index in [0.717, 1.165) is 48.3 Å². The van der Waals surface area contributed by atoms with Crippen molar-refractivity contribution in [2.45, 2.75) is 65.0 Å². The van der Waals surface area contributed by atoms with Gasteiger partial charge in [-0.3, -0.25) is 4.79 Å². The first-order chi connectivity index (χ1) is 16.0. The molecule has 4 heterocycles. The molecule has 0 bridgehead atoms. The van der Waals surface area contributed by atoms with Gasteiger partial charge in [-0.25, -0.2) is 9.97 Å². The number of nitrogens with zero attached hydrogens (tertiary/aromatic N) is 6. The van der Waals surface area contributed by atoms with E-state index in [4.69, 9.17) is 9.72 Å². The van der Waals surface area contributed by atoms with E-state index in [0.29, 0.717) is 50.2 Å². The highest BCUT2D eigenvalue weighted by Crippen LogP contribution is 2.35. The average molecular weight is 451 g/mol. The second-order valence-electron chi connectivity index (χ2n) is 9.27. The lowest BCUT2D eigenvalue weighted by Crippen LogP contribution is -2.55. The number of rotatable bonds is 6. The van der Waals surface area contributed by atoms with Crippen LogP contribution in [0.2, 0.25) is 0 Å². The summed E-state index contributed by atoms with van der Waals surface area (Å²) in [7, 11) is 1.84. The third-order valence-corrected chi connectivity index (χ3v) is 6.94. The number of aromatic nitrogens is 3. The average Bonchev–Trinajstić information content (AvgIpc) is 3.26. The van der Waals surface area contributed by atoms with Gasteiger partial charge in [-0.15, -0.1) is 0 Å². The van der Waals surface area contributed by atoms with Crippen molar-refractivity contribution in [3.05, 3.63) is 40.6 Å². The topological polar surface area (TPSA) is 87.3 Å². The maximum absolute atomic E-state index is 13.0. The Balaban J connectivity index is 1.64. The summed E-state index contributed by atoms with van der Waals surface area (Å²) in [5.74, 6) is 1.48. The summed E-state index contributed by atoms with van der Waals surface area (Å²) in [5, 5.41) is 10.1. The minimum absolute atomic E-state index is 0.0170. The van der Waals surface area contributed by atoms with E-state index in [1.807, 2.05) is 11.9 Å². The molecule has 0 N–H and O–H groups in total. The number of imidazole rings is 1. The lowest BCUT2D eigenvalue weighted by Gasteiger charge is -2.41. The van der Waals surface area contributed by atoms with Gasteiger partial charge in [-0.1, -0.05) is 26.7 Å². The number of hydrogen-bond acceptors (Lipinski definition) is 6. The van der Waals surface area contributed by atoms with Crippen LogP contribution in [-0.4, -0.2) is 57.6 Å². The number of carbonyl (C=O) groups is 1. The van der Waals surface area contributed by atoms with Gasteiger partial charge >= 0.3 is 0 Å². The number of anilines is 1. The number of aryl methyl sites for hydroxylation is 1. The van der Waals surface area contributed by atoms with E-state index in [1.54, 1.807) is 17.0 Å². The predicted molar refractivity (Wildman–Crippen MR) is 126 cm³/mol. The van der Waals surface area contributed by atoms with E-state index in [2.05, 4.69) is 36.7 Å². The van der Waals surface area contributed by atoms with Crippen LogP contribution in [0.5, 0.6) is 0 Å². The van der Waals surface area contributed by atoms with Crippen molar-refractivity contribution in [3.8, 4) is 6.07 Å². The summed E-state index contributed by atoms with van der Waals surface area (Å²) in [6, 6.07) is 2.44. The molecule has 176 valence electrons. The number of fused-ring (bicyclic) bond motifs is 1. The first-order valence-corrected chi connectivity index (χ1v) is 12.0. The van der Waals surface area contributed by atoms with Crippen molar-refractivity contribution in [3.63, 3.8) is 0 Å². The van der Waals surface area contributed by atoms with Crippen molar-refractivity contribution in [1.82, 2.24) is 19.4 Å². The molecule has 1 saturated heterocycles. The number of pyridine rings is 1. The van der Waals surface area contributed by atoms with Gasteiger partial charge in [0, 0.05) is 50.7 Å². The van der Waals surface area contributed by atoms with Crippen LogP contribution in [0.25, 0.3) is 0 Å². The largest absolute Gasteiger partial charge is 0.376 e. The van der Waals surface area contributed by atoms with Crippen LogP contribution >= 0.6 is 0 Å². The lowest BCUT2D eigenvalue weighted by molar-refractivity contribution is 0.0657. The molecule has 1 unspecified atom stereocenters. The molecule has 1 amide bonds. The lowest BCUT2D eigenvalue weighted by atomic mass is 9.89. The zero-order valence-corrected chi connectivity index (χ0v) is 20.2. The molecule has 33 heavy (non-hydrogen) atoms. The highest BCUT2D eigenvalue weighted by molar-refractivity contribution is 5.91. The number of ether oxygens (including phenoxy) is 1. The minimum atomic E-state index is -0.0559. The van der Waals surface area contributed by atoms with Crippen molar-refractivity contribution in [1.29, 1.82) is 5.26 Å². The fourth-order valence-corrected chi connectivity index (χ4v) is 5.02. The van der Waals surface area contributed by atoms with Crippen molar-refractivity contribution >= 4 is 11.7 Å². The third-order valence-electron chi connectivity index (χ3n) is 6.94. The van der Waals surface area contributed by atoms with Crippen LogP contribution < -0.4 is 4.90 Å². The summed E-state index contributed by atoms with van der Waals surface area (Å²) in [5.41, 5.74) is 3.97. The molecule has 0 spiro atoms. The molecule has 8 nitrogen and oxygen atoms in total. The van der Waals surface area contributed by atoms with Gasteiger partial charge in [0.2, 0.25) is 0 Å². The van der Waals surface area contributed by atoms with Crippen LogP contribution in [0, 0.1) is 11.3 Å². The third kappa shape index (κ3) is 4.47. The van der Waals surface area contributed by atoms with Crippen LogP contribution in [0.4, 0.5) is 5.82 Å². The first-order valence-electron chi connectivity index (χ1n) is 12.0. The molecule has 0 aliphatic carbocycles. The highest BCUT2D eigenvalue weighted by Gasteiger charge is 2.33. The Morgan fingerprint density at radius 2 is 2.18 bits per heavy atom. The molecule has 0 saturated carbocycles. The summed E-state index contributed by atoms with van der Waals surface area (Å²) in [6.45, 7) is 9.50. The van der Waals surface area contributed by atoms with Crippen LogP contribution in [0.3, 0.4) is 0 Å². The van der Waals surface area contributed by atoms with Gasteiger partial charge in [-0.05, 0) is 31.2 Å². The van der Waals surface area contributed by atoms with E-state index < -0.39 is 0 Å². The Morgan fingerprint density at radius 3 is 2.85 bits per heavy atom. The van der Waals surface area contributed by atoms with E-state index in [-0.39, 0.29) is 11.9 Å². The monoisotopic (exact) mass is 450 g/mol. The molecule has 2 aliphatic rings. The standard InChI is InChI=1S/C25H34N6O2/c1-5-6-7-17(2)22-21-16-33-13-8-19(21)20(14-26)23(28-22)30-11-12-31(18(3)15-30)25(32)24-27-9-10-29(24)4/h9-10,17-18H,5-8,11-13,15-16H2,1-4H3/t17?,18-/m1/s1. The summed E-state index contributed by atoms with van der Waals surface area (Å²) in [4.78, 5) is 26.4. The molecule has 0 aromatic carbocycles. The van der Waals surface area contributed by atoms with E-state index in [1.165, 1.54) is 0 Å².